The molecule has 0 saturated carbocycles. The lowest BCUT2D eigenvalue weighted by Gasteiger charge is -2.26. The number of amides is 1. The summed E-state index contributed by atoms with van der Waals surface area (Å²) in [6, 6.07) is 9.68. The molecular formula is C20H18ClFN4OS. The quantitative estimate of drug-likeness (QED) is 0.675. The van der Waals surface area contributed by atoms with Gasteiger partial charge < -0.3 is 5.32 Å². The Labute approximate surface area is 171 Å². The van der Waals surface area contributed by atoms with Crippen molar-refractivity contribution >= 4 is 29.3 Å². The van der Waals surface area contributed by atoms with E-state index in [9.17, 15) is 9.18 Å². The minimum atomic E-state index is -0.388. The van der Waals surface area contributed by atoms with E-state index >= 15 is 0 Å². The van der Waals surface area contributed by atoms with Crippen LogP contribution in [0.4, 0.5) is 4.39 Å². The number of aryl methyl sites for hydroxylation is 2. The molecule has 3 aromatic rings. The van der Waals surface area contributed by atoms with Crippen LogP contribution in [0.5, 0.6) is 0 Å². The monoisotopic (exact) mass is 416 g/mol. The summed E-state index contributed by atoms with van der Waals surface area (Å²) in [5, 5.41) is 7.62. The van der Waals surface area contributed by atoms with Crippen molar-refractivity contribution in [3.63, 3.8) is 0 Å². The number of carbonyl (C=O) groups is 1. The van der Waals surface area contributed by atoms with E-state index in [1.54, 1.807) is 34.6 Å². The van der Waals surface area contributed by atoms with Crippen LogP contribution < -0.4 is 5.32 Å². The van der Waals surface area contributed by atoms with Crippen LogP contribution in [-0.2, 0) is 0 Å². The van der Waals surface area contributed by atoms with Crippen LogP contribution in [0, 0.1) is 19.7 Å². The molecule has 0 saturated heterocycles. The Balaban J connectivity index is 1.64. The second-order valence-corrected chi connectivity index (χ2v) is 8.23. The van der Waals surface area contributed by atoms with E-state index in [-0.39, 0.29) is 28.5 Å². The lowest BCUT2D eigenvalue weighted by Crippen LogP contribution is -2.31. The van der Waals surface area contributed by atoms with Crippen molar-refractivity contribution in [1.29, 1.82) is 0 Å². The van der Waals surface area contributed by atoms with Gasteiger partial charge in [-0.15, -0.1) is 11.8 Å². The average Bonchev–Trinajstić information content (AvgIpc) is 3.00. The van der Waals surface area contributed by atoms with Gasteiger partial charge in [0.05, 0.1) is 16.8 Å². The Morgan fingerprint density at radius 1 is 1.29 bits per heavy atom. The topological polar surface area (TPSA) is 59.8 Å². The van der Waals surface area contributed by atoms with Crippen LogP contribution in [0.2, 0.25) is 5.02 Å². The molecule has 1 aliphatic rings. The third-order valence-electron chi connectivity index (χ3n) is 4.59. The maximum absolute atomic E-state index is 13.7. The summed E-state index contributed by atoms with van der Waals surface area (Å²) in [6.45, 7) is 3.81. The van der Waals surface area contributed by atoms with Gasteiger partial charge in [0.1, 0.15) is 11.5 Å². The van der Waals surface area contributed by atoms with Gasteiger partial charge in [0.2, 0.25) is 0 Å². The van der Waals surface area contributed by atoms with Gasteiger partial charge in [-0.25, -0.2) is 14.1 Å². The standard InChI is InChI=1S/C20H18ClFN4OS/c1-11-9-12(2)26(25-11)18-6-4-15(21)19(24-18)20(27)23-16-7-8-28-17-5-3-13(22)10-14(16)17/h3-6,9-10,16H,7-8H2,1-2H3,(H,23,27). The number of hydrogen-bond acceptors (Lipinski definition) is 4. The normalized spacial score (nSPS) is 15.9. The van der Waals surface area contributed by atoms with Crippen LogP contribution >= 0.6 is 23.4 Å². The van der Waals surface area contributed by atoms with Crippen LogP contribution in [-0.4, -0.2) is 26.4 Å². The summed E-state index contributed by atoms with van der Waals surface area (Å²) >= 11 is 7.91. The molecule has 1 unspecified atom stereocenters. The fourth-order valence-corrected chi connectivity index (χ4v) is 4.61. The highest BCUT2D eigenvalue weighted by molar-refractivity contribution is 7.99. The number of thioether (sulfide) groups is 1. The Bertz CT molecular complexity index is 1070. The number of nitrogens with one attached hydrogen (secondary N) is 1. The van der Waals surface area contributed by atoms with Crippen molar-refractivity contribution in [1.82, 2.24) is 20.1 Å². The van der Waals surface area contributed by atoms with Gasteiger partial charge in [-0.3, -0.25) is 4.79 Å². The number of rotatable bonds is 3. The van der Waals surface area contributed by atoms with Crippen molar-refractivity contribution in [2.24, 2.45) is 0 Å². The molecule has 0 bridgehead atoms. The molecule has 0 spiro atoms. The maximum Gasteiger partial charge on any atom is 0.272 e. The molecular weight excluding hydrogens is 399 g/mol. The Morgan fingerprint density at radius 3 is 2.86 bits per heavy atom. The predicted octanol–water partition coefficient (Wildman–Crippen LogP) is 4.64. The smallest absolute Gasteiger partial charge is 0.272 e. The molecule has 2 aromatic heterocycles. The summed E-state index contributed by atoms with van der Waals surface area (Å²) in [6.07, 6.45) is 0.710. The second kappa shape index (κ2) is 7.56. The first-order valence-corrected chi connectivity index (χ1v) is 10.2. The Kier molecular flexibility index (Phi) is 5.12. The lowest BCUT2D eigenvalue weighted by atomic mass is 10.0. The summed E-state index contributed by atoms with van der Waals surface area (Å²) in [4.78, 5) is 18.3. The molecule has 144 valence electrons. The van der Waals surface area contributed by atoms with Crippen LogP contribution in [0.25, 0.3) is 5.82 Å². The number of aromatic nitrogens is 3. The Morgan fingerprint density at radius 2 is 2.11 bits per heavy atom. The molecule has 1 aliphatic heterocycles. The third kappa shape index (κ3) is 3.64. The molecule has 8 heteroatoms. The lowest BCUT2D eigenvalue weighted by molar-refractivity contribution is 0.0930. The first-order valence-electron chi connectivity index (χ1n) is 8.85. The van der Waals surface area contributed by atoms with Gasteiger partial charge in [0.15, 0.2) is 5.82 Å². The van der Waals surface area contributed by atoms with Crippen molar-refractivity contribution in [2.75, 3.05) is 5.75 Å². The first-order chi connectivity index (χ1) is 13.4. The van der Waals surface area contributed by atoms with Crippen LogP contribution in [0.15, 0.2) is 41.3 Å². The van der Waals surface area contributed by atoms with Crippen molar-refractivity contribution in [3.8, 4) is 5.82 Å². The van der Waals surface area contributed by atoms with Crippen molar-refractivity contribution in [2.45, 2.75) is 31.2 Å². The molecule has 5 nitrogen and oxygen atoms in total. The van der Waals surface area contributed by atoms with Gasteiger partial charge in [-0.05, 0) is 62.2 Å². The predicted molar refractivity (Wildman–Crippen MR) is 108 cm³/mol. The summed E-state index contributed by atoms with van der Waals surface area (Å²) < 4.78 is 15.4. The zero-order chi connectivity index (χ0) is 19.8. The summed E-state index contributed by atoms with van der Waals surface area (Å²) in [7, 11) is 0. The molecule has 0 fully saturated rings. The summed E-state index contributed by atoms with van der Waals surface area (Å²) in [5.74, 6) is 0.658. The van der Waals surface area contributed by atoms with E-state index in [0.29, 0.717) is 12.2 Å². The van der Waals surface area contributed by atoms with E-state index in [2.05, 4.69) is 15.4 Å². The number of fused-ring (bicyclic) bond motifs is 1. The highest BCUT2D eigenvalue weighted by atomic mass is 35.5. The highest BCUT2D eigenvalue weighted by Gasteiger charge is 2.25. The van der Waals surface area contributed by atoms with E-state index in [4.69, 9.17) is 11.6 Å². The number of pyridine rings is 1. The number of benzene rings is 1. The van der Waals surface area contributed by atoms with E-state index in [1.165, 1.54) is 12.1 Å². The van der Waals surface area contributed by atoms with Crippen molar-refractivity contribution < 1.29 is 9.18 Å². The maximum atomic E-state index is 13.7. The molecule has 1 aromatic carbocycles. The highest BCUT2D eigenvalue weighted by Crippen LogP contribution is 2.36. The fourth-order valence-electron chi connectivity index (χ4n) is 3.31. The molecule has 0 aliphatic carbocycles. The molecule has 1 N–H and O–H groups in total. The van der Waals surface area contributed by atoms with Crippen molar-refractivity contribution in [3.05, 3.63) is 69.9 Å². The first kappa shape index (κ1) is 19.0. The molecule has 28 heavy (non-hydrogen) atoms. The van der Waals surface area contributed by atoms with Gasteiger partial charge >= 0.3 is 0 Å². The van der Waals surface area contributed by atoms with Gasteiger partial charge in [0.25, 0.3) is 5.91 Å². The molecule has 3 heterocycles. The molecule has 0 radical (unpaired) electrons. The van der Waals surface area contributed by atoms with Gasteiger partial charge in [-0.2, -0.15) is 5.10 Å². The zero-order valence-electron chi connectivity index (χ0n) is 15.4. The second-order valence-electron chi connectivity index (χ2n) is 6.68. The average molecular weight is 417 g/mol. The summed E-state index contributed by atoms with van der Waals surface area (Å²) in [5.41, 5.74) is 2.68. The van der Waals surface area contributed by atoms with Gasteiger partial charge in [0, 0.05) is 16.3 Å². The molecule has 1 atom stereocenters. The minimum Gasteiger partial charge on any atom is -0.344 e. The van der Waals surface area contributed by atoms with Crippen LogP contribution in [0.3, 0.4) is 0 Å². The SMILES string of the molecule is Cc1cc(C)n(-c2ccc(Cl)c(C(=O)NC3CCSc4ccc(F)cc43)n2)n1. The Hall–Kier alpha value is -2.38. The van der Waals surface area contributed by atoms with E-state index in [0.717, 1.165) is 27.6 Å². The fraction of sp³-hybridized carbons (Fsp3) is 0.250. The largest absolute Gasteiger partial charge is 0.344 e. The number of halogens is 2. The third-order valence-corrected chi connectivity index (χ3v) is 6.02. The zero-order valence-corrected chi connectivity index (χ0v) is 16.9. The number of hydrogen-bond donors (Lipinski definition) is 1. The van der Waals surface area contributed by atoms with Crippen LogP contribution in [0.1, 0.15) is 39.9 Å². The van der Waals surface area contributed by atoms with E-state index < -0.39 is 0 Å². The minimum absolute atomic E-state index is 0.128. The molecule has 4 rings (SSSR count). The van der Waals surface area contributed by atoms with E-state index in [1.807, 2.05) is 19.9 Å². The molecule has 1 amide bonds. The number of nitrogens with zero attached hydrogens (tertiary/aromatic N) is 3. The number of carbonyl (C=O) groups excluding carboxylic acids is 1. The van der Waals surface area contributed by atoms with Gasteiger partial charge in [-0.1, -0.05) is 11.6 Å².